The molecule has 0 radical (unpaired) electrons. The van der Waals surface area contributed by atoms with E-state index in [9.17, 15) is 18.0 Å². The zero-order valence-corrected chi connectivity index (χ0v) is 20.0. The molecule has 2 heterocycles. The van der Waals surface area contributed by atoms with E-state index < -0.39 is 17.4 Å². The molecule has 1 amide bonds. The summed E-state index contributed by atoms with van der Waals surface area (Å²) >= 11 is 0. The van der Waals surface area contributed by atoms with Crippen molar-refractivity contribution in [2.45, 2.75) is 20.0 Å². The zero-order valence-electron chi connectivity index (χ0n) is 20.0. The molecule has 7 nitrogen and oxygen atoms in total. The van der Waals surface area contributed by atoms with Crippen LogP contribution in [0.25, 0.3) is 0 Å². The van der Waals surface area contributed by atoms with Gasteiger partial charge in [0.2, 0.25) is 0 Å². The maximum absolute atomic E-state index is 13.5. The van der Waals surface area contributed by atoms with Crippen molar-refractivity contribution in [1.29, 1.82) is 5.26 Å². The van der Waals surface area contributed by atoms with E-state index in [0.29, 0.717) is 16.9 Å². The third kappa shape index (κ3) is 7.05. The van der Waals surface area contributed by atoms with Crippen molar-refractivity contribution in [2.24, 2.45) is 0 Å². The van der Waals surface area contributed by atoms with Crippen molar-refractivity contribution >= 4 is 34.3 Å². The number of carbonyl (C=O) groups is 1. The Morgan fingerprint density at radius 1 is 0.838 bits per heavy atom. The molecule has 0 aliphatic heterocycles. The fraction of sp³-hybridized carbons (Fsp3) is 0.111. The first-order chi connectivity index (χ1) is 17.8. The van der Waals surface area contributed by atoms with Gasteiger partial charge in [0.1, 0.15) is 11.6 Å². The minimum Gasteiger partial charge on any atom is -0.355 e. The third-order valence-corrected chi connectivity index (χ3v) is 4.86. The molecule has 37 heavy (non-hydrogen) atoms. The Morgan fingerprint density at radius 2 is 1.49 bits per heavy atom. The number of halogens is 3. The number of carbonyl (C=O) groups excluding carboxylic acids is 1. The van der Waals surface area contributed by atoms with Gasteiger partial charge in [-0.3, -0.25) is 9.78 Å². The highest BCUT2D eigenvalue weighted by Crippen LogP contribution is 2.37. The second kappa shape index (κ2) is 12.2. The summed E-state index contributed by atoms with van der Waals surface area (Å²) in [5.41, 5.74) is 0.508. The van der Waals surface area contributed by atoms with Crippen LogP contribution in [0, 0.1) is 11.3 Å². The van der Waals surface area contributed by atoms with E-state index in [1.54, 1.807) is 54.9 Å². The fourth-order valence-corrected chi connectivity index (χ4v) is 3.28. The molecular formula is C27H23F3N6O. The summed E-state index contributed by atoms with van der Waals surface area (Å²) in [6, 6.07) is 19.3. The molecule has 4 rings (SSSR count). The maximum atomic E-state index is 13.5. The molecular weight excluding hydrogens is 481 g/mol. The predicted octanol–water partition coefficient (Wildman–Crippen LogP) is 7.13. The van der Waals surface area contributed by atoms with Crippen LogP contribution in [0.5, 0.6) is 0 Å². The number of amides is 1. The van der Waals surface area contributed by atoms with Gasteiger partial charge in [0.25, 0.3) is 5.91 Å². The molecule has 2 aromatic heterocycles. The largest absolute Gasteiger partial charge is 0.421 e. The molecule has 0 spiro atoms. The van der Waals surface area contributed by atoms with Gasteiger partial charge in [-0.15, -0.1) is 0 Å². The highest BCUT2D eigenvalue weighted by Gasteiger charge is 2.37. The summed E-state index contributed by atoms with van der Waals surface area (Å²) in [5, 5.41) is 17.6. The van der Waals surface area contributed by atoms with E-state index in [2.05, 4.69) is 25.9 Å². The molecule has 2 aromatic carbocycles. The highest BCUT2D eigenvalue weighted by atomic mass is 19.4. The van der Waals surface area contributed by atoms with Gasteiger partial charge >= 0.3 is 6.18 Å². The number of rotatable bonds is 6. The molecule has 0 unspecified atom stereocenters. The lowest BCUT2D eigenvalue weighted by molar-refractivity contribution is -0.137. The minimum absolute atomic E-state index is 0.292. The molecule has 0 saturated heterocycles. The first-order valence-electron chi connectivity index (χ1n) is 11.3. The number of nitrogens with zero attached hydrogens (tertiary/aromatic N) is 3. The van der Waals surface area contributed by atoms with Gasteiger partial charge in [-0.1, -0.05) is 19.9 Å². The van der Waals surface area contributed by atoms with Gasteiger partial charge in [-0.2, -0.15) is 18.4 Å². The van der Waals surface area contributed by atoms with Crippen molar-refractivity contribution < 1.29 is 18.0 Å². The quantitative estimate of drug-likeness (QED) is 0.258. The SMILES string of the molecule is CC.N#Cc1nccc(Nc2cccc(NC(=O)c3ccc(Nc4ccncc4)cc3)c2)c1C(F)(F)F. The molecule has 0 saturated carbocycles. The number of nitrogens with one attached hydrogen (secondary N) is 3. The molecule has 0 aliphatic rings. The topological polar surface area (TPSA) is 103 Å². The van der Waals surface area contributed by atoms with Crippen molar-refractivity contribution in [2.75, 3.05) is 16.0 Å². The summed E-state index contributed by atoms with van der Waals surface area (Å²) < 4.78 is 40.5. The molecule has 0 fully saturated rings. The van der Waals surface area contributed by atoms with Gasteiger partial charge in [0.15, 0.2) is 5.69 Å². The standard InChI is InChI=1S/C25H17F3N6O.C2H6/c26-25(27,28)23-21(10-13-31-22(23)15-29)33-19-2-1-3-20(14-19)34-24(35)16-4-6-17(7-5-16)32-18-8-11-30-12-9-18;1-2/h1-14H,(H,30,32)(H,31,33)(H,34,35);1-2H3. The van der Waals surface area contributed by atoms with Crippen LogP contribution in [-0.2, 0) is 6.18 Å². The number of nitriles is 1. The van der Waals surface area contributed by atoms with E-state index >= 15 is 0 Å². The molecule has 188 valence electrons. The molecule has 4 aromatic rings. The average Bonchev–Trinajstić information content (AvgIpc) is 2.90. The Balaban J connectivity index is 0.00000186. The molecule has 3 N–H and O–H groups in total. The van der Waals surface area contributed by atoms with Crippen LogP contribution < -0.4 is 16.0 Å². The normalized spacial score (nSPS) is 10.4. The first kappa shape index (κ1) is 26.7. The summed E-state index contributed by atoms with van der Waals surface area (Å²) in [6.45, 7) is 4.00. The lowest BCUT2D eigenvalue weighted by Gasteiger charge is -2.16. The van der Waals surface area contributed by atoms with Crippen LogP contribution in [0.15, 0.2) is 85.3 Å². The Morgan fingerprint density at radius 3 is 2.14 bits per heavy atom. The number of anilines is 5. The van der Waals surface area contributed by atoms with Crippen molar-refractivity contribution in [1.82, 2.24) is 9.97 Å². The van der Waals surface area contributed by atoms with Crippen molar-refractivity contribution in [3.63, 3.8) is 0 Å². The number of hydrogen-bond acceptors (Lipinski definition) is 6. The summed E-state index contributed by atoms with van der Waals surface area (Å²) in [7, 11) is 0. The molecule has 0 bridgehead atoms. The summed E-state index contributed by atoms with van der Waals surface area (Å²) in [6.07, 6.45) is -0.330. The van der Waals surface area contributed by atoms with E-state index in [-0.39, 0.29) is 11.6 Å². The lowest BCUT2D eigenvalue weighted by atomic mass is 10.1. The lowest BCUT2D eigenvalue weighted by Crippen LogP contribution is -2.13. The predicted molar refractivity (Wildman–Crippen MR) is 137 cm³/mol. The number of pyridine rings is 2. The highest BCUT2D eigenvalue weighted by molar-refractivity contribution is 6.04. The summed E-state index contributed by atoms with van der Waals surface area (Å²) in [5.74, 6) is -0.385. The van der Waals surface area contributed by atoms with Crippen LogP contribution in [0.1, 0.15) is 35.5 Å². The average molecular weight is 505 g/mol. The number of benzene rings is 2. The summed E-state index contributed by atoms with van der Waals surface area (Å²) in [4.78, 5) is 20.1. The van der Waals surface area contributed by atoms with E-state index in [0.717, 1.165) is 23.6 Å². The van der Waals surface area contributed by atoms with Gasteiger partial charge < -0.3 is 16.0 Å². The molecule has 10 heteroatoms. The van der Waals surface area contributed by atoms with Gasteiger partial charge in [0.05, 0.1) is 5.69 Å². The van der Waals surface area contributed by atoms with Crippen LogP contribution in [0.3, 0.4) is 0 Å². The van der Waals surface area contributed by atoms with Gasteiger partial charge in [-0.25, -0.2) is 4.98 Å². The van der Waals surface area contributed by atoms with Gasteiger partial charge in [0, 0.05) is 46.9 Å². The maximum Gasteiger partial charge on any atom is 0.421 e. The zero-order chi connectivity index (χ0) is 26.8. The molecule has 0 atom stereocenters. The van der Waals surface area contributed by atoms with Crippen LogP contribution in [0.2, 0.25) is 0 Å². The van der Waals surface area contributed by atoms with Crippen LogP contribution >= 0.6 is 0 Å². The van der Waals surface area contributed by atoms with Crippen molar-refractivity contribution in [3.8, 4) is 6.07 Å². The number of alkyl halides is 3. The van der Waals surface area contributed by atoms with E-state index in [1.165, 1.54) is 12.1 Å². The second-order valence-electron chi connectivity index (χ2n) is 7.29. The monoisotopic (exact) mass is 504 g/mol. The van der Waals surface area contributed by atoms with Crippen LogP contribution in [-0.4, -0.2) is 15.9 Å². The Kier molecular flexibility index (Phi) is 8.78. The van der Waals surface area contributed by atoms with Crippen LogP contribution in [0.4, 0.5) is 41.6 Å². The van der Waals surface area contributed by atoms with Gasteiger partial charge in [-0.05, 0) is 60.7 Å². The smallest absolute Gasteiger partial charge is 0.355 e. The Hall–Kier alpha value is -4.91. The molecule has 0 aliphatic carbocycles. The third-order valence-electron chi connectivity index (χ3n) is 4.86. The number of aromatic nitrogens is 2. The fourth-order valence-electron chi connectivity index (χ4n) is 3.28. The Labute approximate surface area is 212 Å². The van der Waals surface area contributed by atoms with E-state index in [4.69, 9.17) is 5.26 Å². The van der Waals surface area contributed by atoms with E-state index in [1.807, 2.05) is 26.0 Å². The second-order valence-corrected chi connectivity index (χ2v) is 7.29. The number of hydrogen-bond donors (Lipinski definition) is 3. The first-order valence-corrected chi connectivity index (χ1v) is 11.3. The Bertz CT molecular complexity index is 1380. The van der Waals surface area contributed by atoms with Crippen molar-refractivity contribution in [3.05, 3.63) is 102 Å². The minimum atomic E-state index is -4.77.